The van der Waals surface area contributed by atoms with Gasteiger partial charge < -0.3 is 0 Å². The molecule has 0 atom stereocenters. The van der Waals surface area contributed by atoms with Crippen LogP contribution in [0.3, 0.4) is 0 Å². The molecule has 6 aromatic rings. The SMILES string of the molecule is Clc1nc(-c2ccc3c(c2)sc2ccccc23)c2c(n1)sc1ccccc12. The highest BCUT2D eigenvalue weighted by atomic mass is 35.5. The lowest BCUT2D eigenvalue weighted by Crippen LogP contribution is -1.89. The first-order chi connectivity index (χ1) is 13.3. The molecular formula is C22H11ClN2S2. The number of rotatable bonds is 1. The van der Waals surface area contributed by atoms with Crippen molar-refractivity contribution < 1.29 is 0 Å². The summed E-state index contributed by atoms with van der Waals surface area (Å²) in [5.74, 6) is 0. The van der Waals surface area contributed by atoms with Crippen molar-refractivity contribution in [2.75, 3.05) is 0 Å². The van der Waals surface area contributed by atoms with Gasteiger partial charge in [0.15, 0.2) is 0 Å². The number of halogens is 1. The van der Waals surface area contributed by atoms with E-state index >= 15 is 0 Å². The second-order valence-corrected chi connectivity index (χ2v) is 8.88. The van der Waals surface area contributed by atoms with Crippen LogP contribution in [0.5, 0.6) is 0 Å². The summed E-state index contributed by atoms with van der Waals surface area (Å²) in [5.41, 5.74) is 1.98. The first-order valence-electron chi connectivity index (χ1n) is 8.54. The third kappa shape index (κ3) is 2.31. The molecule has 0 unspecified atom stereocenters. The fourth-order valence-electron chi connectivity index (χ4n) is 3.68. The zero-order valence-electron chi connectivity index (χ0n) is 13.9. The molecule has 3 aromatic heterocycles. The minimum Gasteiger partial charge on any atom is -0.217 e. The van der Waals surface area contributed by atoms with Crippen molar-refractivity contribution >= 4 is 74.7 Å². The van der Waals surface area contributed by atoms with E-state index in [1.165, 1.54) is 30.3 Å². The second kappa shape index (κ2) is 5.73. The number of benzene rings is 3. The van der Waals surface area contributed by atoms with Crippen LogP contribution < -0.4 is 0 Å². The molecule has 2 nitrogen and oxygen atoms in total. The lowest BCUT2D eigenvalue weighted by molar-refractivity contribution is 1.24. The maximum atomic E-state index is 6.27. The Morgan fingerprint density at radius 3 is 2.22 bits per heavy atom. The van der Waals surface area contributed by atoms with E-state index in [0.717, 1.165) is 21.5 Å². The highest BCUT2D eigenvalue weighted by Gasteiger charge is 2.16. The Morgan fingerprint density at radius 1 is 0.667 bits per heavy atom. The molecule has 0 saturated heterocycles. The third-order valence-electron chi connectivity index (χ3n) is 4.86. The van der Waals surface area contributed by atoms with Gasteiger partial charge in [0.2, 0.25) is 5.28 Å². The second-order valence-electron chi connectivity index (χ2n) is 6.43. The predicted octanol–water partition coefficient (Wildman–Crippen LogP) is 7.53. The molecule has 5 heteroatoms. The Bertz CT molecular complexity index is 1500. The van der Waals surface area contributed by atoms with Gasteiger partial charge in [0.05, 0.1) is 5.69 Å². The molecule has 128 valence electrons. The van der Waals surface area contributed by atoms with E-state index in [-0.39, 0.29) is 0 Å². The molecule has 0 aliphatic carbocycles. The van der Waals surface area contributed by atoms with E-state index < -0.39 is 0 Å². The molecule has 0 bridgehead atoms. The fourth-order valence-corrected chi connectivity index (χ4v) is 6.12. The van der Waals surface area contributed by atoms with Gasteiger partial charge in [0, 0.05) is 41.2 Å². The van der Waals surface area contributed by atoms with Crippen LogP contribution >= 0.6 is 34.3 Å². The summed E-state index contributed by atoms with van der Waals surface area (Å²) in [5, 5.41) is 5.14. The van der Waals surface area contributed by atoms with E-state index in [4.69, 9.17) is 11.6 Å². The molecule has 6 rings (SSSR count). The van der Waals surface area contributed by atoms with Gasteiger partial charge in [-0.1, -0.05) is 48.5 Å². The molecule has 0 aliphatic rings. The monoisotopic (exact) mass is 402 g/mol. The Kier molecular flexibility index (Phi) is 3.29. The Hall–Kier alpha value is -2.53. The van der Waals surface area contributed by atoms with Gasteiger partial charge in [0.25, 0.3) is 0 Å². The molecule has 0 aliphatic heterocycles. The number of aromatic nitrogens is 2. The first kappa shape index (κ1) is 15.5. The summed E-state index contributed by atoms with van der Waals surface area (Å²) in [7, 11) is 0. The molecule has 0 saturated carbocycles. The van der Waals surface area contributed by atoms with Crippen molar-refractivity contribution in [3.05, 3.63) is 72.0 Å². The van der Waals surface area contributed by atoms with Gasteiger partial charge >= 0.3 is 0 Å². The summed E-state index contributed by atoms with van der Waals surface area (Å²) in [4.78, 5) is 10.0. The van der Waals surface area contributed by atoms with E-state index in [1.54, 1.807) is 11.3 Å². The van der Waals surface area contributed by atoms with Crippen LogP contribution in [0.2, 0.25) is 5.28 Å². The zero-order chi connectivity index (χ0) is 18.0. The molecule has 0 radical (unpaired) electrons. The van der Waals surface area contributed by atoms with Gasteiger partial charge in [-0.15, -0.1) is 22.7 Å². The van der Waals surface area contributed by atoms with E-state index in [2.05, 4.69) is 76.7 Å². The topological polar surface area (TPSA) is 25.8 Å². The lowest BCUT2D eigenvalue weighted by Gasteiger charge is -2.05. The highest BCUT2D eigenvalue weighted by Crippen LogP contribution is 2.41. The molecule has 0 amide bonds. The predicted molar refractivity (Wildman–Crippen MR) is 118 cm³/mol. The quantitative estimate of drug-likeness (QED) is 0.265. The minimum atomic E-state index is 0.292. The van der Waals surface area contributed by atoms with Crippen LogP contribution in [-0.4, -0.2) is 9.97 Å². The minimum absolute atomic E-state index is 0.292. The Labute approximate surface area is 167 Å². The average molecular weight is 403 g/mol. The van der Waals surface area contributed by atoms with E-state index in [0.29, 0.717) is 5.28 Å². The molecule has 27 heavy (non-hydrogen) atoms. The van der Waals surface area contributed by atoms with Crippen LogP contribution in [0, 0.1) is 0 Å². The van der Waals surface area contributed by atoms with Crippen LogP contribution in [0.15, 0.2) is 66.7 Å². The molecule has 0 N–H and O–H groups in total. The molecule has 3 heterocycles. The van der Waals surface area contributed by atoms with Crippen molar-refractivity contribution in [3.8, 4) is 11.3 Å². The van der Waals surface area contributed by atoms with Crippen LogP contribution in [-0.2, 0) is 0 Å². The summed E-state index contributed by atoms with van der Waals surface area (Å²) in [6.45, 7) is 0. The number of hydrogen-bond donors (Lipinski definition) is 0. The molecule has 0 spiro atoms. The van der Waals surface area contributed by atoms with Crippen molar-refractivity contribution in [2.45, 2.75) is 0 Å². The van der Waals surface area contributed by atoms with Gasteiger partial charge in [-0.2, -0.15) is 0 Å². The van der Waals surface area contributed by atoms with E-state index in [1.807, 2.05) is 11.3 Å². The number of fused-ring (bicyclic) bond motifs is 6. The van der Waals surface area contributed by atoms with Gasteiger partial charge in [0.1, 0.15) is 4.83 Å². The summed E-state index contributed by atoms with van der Waals surface area (Å²) >= 11 is 9.74. The number of hydrogen-bond acceptors (Lipinski definition) is 4. The Balaban J connectivity index is 1.70. The lowest BCUT2D eigenvalue weighted by atomic mass is 10.0. The smallest absolute Gasteiger partial charge is 0.217 e. The van der Waals surface area contributed by atoms with Crippen molar-refractivity contribution in [1.82, 2.24) is 9.97 Å². The molecule has 3 aromatic carbocycles. The van der Waals surface area contributed by atoms with Crippen molar-refractivity contribution in [1.29, 1.82) is 0 Å². The van der Waals surface area contributed by atoms with E-state index in [9.17, 15) is 0 Å². The van der Waals surface area contributed by atoms with Gasteiger partial charge in [-0.05, 0) is 29.8 Å². The molecule has 0 fully saturated rings. The zero-order valence-corrected chi connectivity index (χ0v) is 16.3. The van der Waals surface area contributed by atoms with Crippen LogP contribution in [0.1, 0.15) is 0 Å². The number of nitrogens with zero attached hydrogens (tertiary/aromatic N) is 2. The van der Waals surface area contributed by atoms with Gasteiger partial charge in [-0.3, -0.25) is 0 Å². The summed E-state index contributed by atoms with van der Waals surface area (Å²) in [6, 6.07) is 23.5. The third-order valence-corrected chi connectivity index (χ3v) is 7.23. The summed E-state index contributed by atoms with van der Waals surface area (Å²) in [6.07, 6.45) is 0. The normalized spacial score (nSPS) is 11.9. The van der Waals surface area contributed by atoms with Crippen LogP contribution in [0.4, 0.5) is 0 Å². The molecular weight excluding hydrogens is 392 g/mol. The maximum absolute atomic E-state index is 6.27. The van der Waals surface area contributed by atoms with Crippen molar-refractivity contribution in [2.24, 2.45) is 0 Å². The maximum Gasteiger partial charge on any atom is 0.224 e. The van der Waals surface area contributed by atoms with Crippen LogP contribution in [0.25, 0.3) is 51.7 Å². The van der Waals surface area contributed by atoms with Gasteiger partial charge in [-0.25, -0.2) is 9.97 Å². The van der Waals surface area contributed by atoms with Crippen molar-refractivity contribution in [3.63, 3.8) is 0 Å². The highest BCUT2D eigenvalue weighted by molar-refractivity contribution is 7.26. The average Bonchev–Trinajstić information content (AvgIpc) is 3.24. The summed E-state index contributed by atoms with van der Waals surface area (Å²) < 4.78 is 3.76. The standard InChI is InChI=1S/C22H11ClN2S2/c23-22-24-20(19-15-6-2-4-8-17(15)27-21(19)25-22)12-9-10-14-13-5-1-3-7-16(13)26-18(14)11-12/h1-11H. The largest absolute Gasteiger partial charge is 0.224 e. The fraction of sp³-hybridized carbons (Fsp3) is 0. The first-order valence-corrected chi connectivity index (χ1v) is 10.6. The number of thiophene rings is 2. The Morgan fingerprint density at radius 2 is 1.37 bits per heavy atom.